The highest BCUT2D eigenvalue weighted by atomic mass is 16.1. The Kier molecular flexibility index (Phi) is 3.97. The molecule has 0 saturated heterocycles. The van der Waals surface area contributed by atoms with Crippen molar-refractivity contribution in [3.8, 4) is 0 Å². The summed E-state index contributed by atoms with van der Waals surface area (Å²) < 4.78 is 0. The van der Waals surface area contributed by atoms with E-state index in [-0.39, 0.29) is 0 Å². The van der Waals surface area contributed by atoms with Gasteiger partial charge in [0.2, 0.25) is 0 Å². The van der Waals surface area contributed by atoms with Gasteiger partial charge in [0.05, 0.1) is 0 Å². The van der Waals surface area contributed by atoms with Gasteiger partial charge in [-0.25, -0.2) is 0 Å². The molecule has 0 aromatic heterocycles. The van der Waals surface area contributed by atoms with Gasteiger partial charge in [0.15, 0.2) is 0 Å². The molecule has 1 aromatic carbocycles. The molecular weight excluding hydrogens is 160 g/mol. The zero-order valence-corrected chi connectivity index (χ0v) is 7.86. The van der Waals surface area contributed by atoms with E-state index < -0.39 is 0 Å². The molecule has 0 aliphatic carbocycles. The molecule has 68 valence electrons. The first kappa shape index (κ1) is 9.72. The van der Waals surface area contributed by atoms with Crippen molar-refractivity contribution in [3.05, 3.63) is 47.5 Å². The van der Waals surface area contributed by atoms with Crippen LogP contribution in [0, 0.1) is 0 Å². The number of carbonyl (C=O) groups is 1. The standard InChI is InChI=1S/C12H14O/c1-2-3-4-7-11-8-5-6-9-12(11)10-13/h2-3,5-6,8-10H,4,7H2,1H3/b3-2+. The Morgan fingerprint density at radius 1 is 1.31 bits per heavy atom. The first-order chi connectivity index (χ1) is 6.38. The summed E-state index contributed by atoms with van der Waals surface area (Å²) in [6.07, 6.45) is 7.01. The predicted octanol–water partition coefficient (Wildman–Crippen LogP) is 3.01. The van der Waals surface area contributed by atoms with E-state index in [9.17, 15) is 4.79 Å². The smallest absolute Gasteiger partial charge is 0.150 e. The van der Waals surface area contributed by atoms with Crippen LogP contribution >= 0.6 is 0 Å². The number of hydrogen-bond donors (Lipinski definition) is 0. The summed E-state index contributed by atoms with van der Waals surface area (Å²) in [5.41, 5.74) is 1.95. The lowest BCUT2D eigenvalue weighted by atomic mass is 10.0. The number of carbonyl (C=O) groups excluding carboxylic acids is 1. The zero-order chi connectivity index (χ0) is 9.52. The lowest BCUT2D eigenvalue weighted by Crippen LogP contribution is -1.90. The van der Waals surface area contributed by atoms with Crippen LogP contribution in [0.3, 0.4) is 0 Å². The minimum Gasteiger partial charge on any atom is -0.298 e. The summed E-state index contributed by atoms with van der Waals surface area (Å²) in [5.74, 6) is 0. The molecule has 0 spiro atoms. The van der Waals surface area contributed by atoms with E-state index in [1.54, 1.807) is 0 Å². The van der Waals surface area contributed by atoms with Crippen molar-refractivity contribution in [2.24, 2.45) is 0 Å². The van der Waals surface area contributed by atoms with Gasteiger partial charge in [0, 0.05) is 5.56 Å². The maximum atomic E-state index is 10.6. The molecule has 0 saturated carbocycles. The van der Waals surface area contributed by atoms with Gasteiger partial charge in [-0.15, -0.1) is 0 Å². The summed E-state index contributed by atoms with van der Waals surface area (Å²) in [5, 5.41) is 0. The van der Waals surface area contributed by atoms with Crippen molar-refractivity contribution in [3.63, 3.8) is 0 Å². The molecule has 0 aliphatic rings. The fourth-order valence-electron chi connectivity index (χ4n) is 1.28. The molecule has 0 amide bonds. The Morgan fingerprint density at radius 2 is 2.08 bits per heavy atom. The van der Waals surface area contributed by atoms with Gasteiger partial charge >= 0.3 is 0 Å². The maximum Gasteiger partial charge on any atom is 0.150 e. The molecule has 0 radical (unpaired) electrons. The van der Waals surface area contributed by atoms with Crippen LogP contribution in [0.15, 0.2) is 36.4 Å². The molecule has 0 N–H and O–H groups in total. The molecule has 13 heavy (non-hydrogen) atoms. The Bertz CT molecular complexity index is 300. The highest BCUT2D eigenvalue weighted by Crippen LogP contribution is 2.08. The number of rotatable bonds is 4. The minimum absolute atomic E-state index is 0.812. The van der Waals surface area contributed by atoms with E-state index >= 15 is 0 Å². The molecule has 1 rings (SSSR count). The lowest BCUT2D eigenvalue weighted by Gasteiger charge is -2.00. The van der Waals surface area contributed by atoms with Crippen LogP contribution in [0.2, 0.25) is 0 Å². The third kappa shape index (κ3) is 2.86. The van der Waals surface area contributed by atoms with Gasteiger partial charge in [-0.05, 0) is 25.3 Å². The molecule has 1 aromatic rings. The molecule has 0 bridgehead atoms. The second kappa shape index (κ2) is 5.31. The van der Waals surface area contributed by atoms with E-state index in [0.717, 1.165) is 30.3 Å². The van der Waals surface area contributed by atoms with E-state index in [1.165, 1.54) is 0 Å². The van der Waals surface area contributed by atoms with Crippen LogP contribution in [0.1, 0.15) is 29.3 Å². The van der Waals surface area contributed by atoms with Gasteiger partial charge in [-0.3, -0.25) is 4.79 Å². The molecule has 0 aliphatic heterocycles. The number of benzene rings is 1. The van der Waals surface area contributed by atoms with E-state index in [4.69, 9.17) is 0 Å². The Hall–Kier alpha value is -1.37. The van der Waals surface area contributed by atoms with E-state index in [0.29, 0.717) is 0 Å². The minimum atomic E-state index is 0.812. The molecule has 0 unspecified atom stereocenters. The Morgan fingerprint density at radius 3 is 2.77 bits per heavy atom. The summed E-state index contributed by atoms with van der Waals surface area (Å²) in [6.45, 7) is 2.01. The quantitative estimate of drug-likeness (QED) is 0.506. The van der Waals surface area contributed by atoms with Crippen LogP contribution in [0.25, 0.3) is 0 Å². The van der Waals surface area contributed by atoms with Crippen molar-refractivity contribution in [1.82, 2.24) is 0 Å². The van der Waals surface area contributed by atoms with Crippen molar-refractivity contribution in [2.75, 3.05) is 0 Å². The highest BCUT2D eigenvalue weighted by molar-refractivity contribution is 5.77. The average Bonchev–Trinajstić information content (AvgIpc) is 2.19. The van der Waals surface area contributed by atoms with Crippen LogP contribution in [-0.4, -0.2) is 6.29 Å². The monoisotopic (exact) mass is 174 g/mol. The summed E-state index contributed by atoms with van der Waals surface area (Å²) in [4.78, 5) is 10.6. The SMILES string of the molecule is C/C=C/CCc1ccccc1C=O. The second-order valence-electron chi connectivity index (χ2n) is 2.92. The average molecular weight is 174 g/mol. The fraction of sp³-hybridized carbons (Fsp3) is 0.250. The normalized spacial score (nSPS) is 10.5. The molecule has 1 nitrogen and oxygen atoms in total. The van der Waals surface area contributed by atoms with E-state index in [2.05, 4.69) is 6.08 Å². The maximum absolute atomic E-state index is 10.6. The summed E-state index contributed by atoms with van der Waals surface area (Å²) >= 11 is 0. The third-order valence-electron chi connectivity index (χ3n) is 2.00. The second-order valence-corrected chi connectivity index (χ2v) is 2.92. The van der Waals surface area contributed by atoms with Crippen LogP contribution in [0.4, 0.5) is 0 Å². The summed E-state index contributed by atoms with van der Waals surface area (Å²) in [7, 11) is 0. The van der Waals surface area contributed by atoms with Gasteiger partial charge < -0.3 is 0 Å². The fourth-order valence-corrected chi connectivity index (χ4v) is 1.28. The van der Waals surface area contributed by atoms with Gasteiger partial charge in [-0.2, -0.15) is 0 Å². The van der Waals surface area contributed by atoms with Crippen LogP contribution in [0.5, 0.6) is 0 Å². The lowest BCUT2D eigenvalue weighted by molar-refractivity contribution is 0.112. The van der Waals surface area contributed by atoms with Crippen molar-refractivity contribution in [1.29, 1.82) is 0 Å². The predicted molar refractivity (Wildman–Crippen MR) is 55.0 cm³/mol. The van der Waals surface area contributed by atoms with Gasteiger partial charge in [-0.1, -0.05) is 36.4 Å². The largest absolute Gasteiger partial charge is 0.298 e. The number of allylic oxidation sites excluding steroid dienone is 2. The van der Waals surface area contributed by atoms with E-state index in [1.807, 2.05) is 37.3 Å². The first-order valence-electron chi connectivity index (χ1n) is 4.52. The van der Waals surface area contributed by atoms with Crippen molar-refractivity contribution in [2.45, 2.75) is 19.8 Å². The Labute approximate surface area is 79.1 Å². The Balaban J connectivity index is 2.69. The van der Waals surface area contributed by atoms with Crippen molar-refractivity contribution >= 4 is 6.29 Å². The number of aldehydes is 1. The number of hydrogen-bond acceptors (Lipinski definition) is 1. The first-order valence-corrected chi connectivity index (χ1v) is 4.52. The third-order valence-corrected chi connectivity index (χ3v) is 2.00. The molecule has 0 atom stereocenters. The molecule has 0 fully saturated rings. The highest BCUT2D eigenvalue weighted by Gasteiger charge is 1.97. The van der Waals surface area contributed by atoms with Gasteiger partial charge in [0.1, 0.15) is 6.29 Å². The van der Waals surface area contributed by atoms with Crippen LogP contribution < -0.4 is 0 Å². The molecule has 0 heterocycles. The van der Waals surface area contributed by atoms with Gasteiger partial charge in [0.25, 0.3) is 0 Å². The molecular formula is C12H14O. The molecule has 1 heteroatoms. The zero-order valence-electron chi connectivity index (χ0n) is 7.86. The van der Waals surface area contributed by atoms with Crippen molar-refractivity contribution < 1.29 is 4.79 Å². The summed E-state index contributed by atoms with van der Waals surface area (Å²) in [6, 6.07) is 7.73. The topological polar surface area (TPSA) is 17.1 Å². The number of aryl methyl sites for hydroxylation is 1. The van der Waals surface area contributed by atoms with Crippen LogP contribution in [-0.2, 0) is 6.42 Å².